The van der Waals surface area contributed by atoms with Gasteiger partial charge in [0.15, 0.2) is 0 Å². The zero-order chi connectivity index (χ0) is 27.7. The maximum atomic E-state index is 13.2. The van der Waals surface area contributed by atoms with Crippen molar-refractivity contribution >= 4 is 39.9 Å². The van der Waals surface area contributed by atoms with Gasteiger partial charge in [-0.05, 0) is 47.9 Å². The second-order valence-corrected chi connectivity index (χ2v) is 13.3. The molecule has 0 unspecified atom stereocenters. The van der Waals surface area contributed by atoms with E-state index >= 15 is 0 Å². The fraction of sp³-hybridized carbons (Fsp3) is 0.281. The van der Waals surface area contributed by atoms with Crippen LogP contribution in [0.1, 0.15) is 43.2 Å². The molecule has 1 saturated carbocycles. The van der Waals surface area contributed by atoms with Crippen molar-refractivity contribution in [2.75, 3.05) is 5.75 Å². The van der Waals surface area contributed by atoms with E-state index in [4.69, 9.17) is 9.72 Å². The number of pyridine rings is 1. The normalized spacial score (nSPS) is 17.6. The molecule has 0 amide bonds. The van der Waals surface area contributed by atoms with Crippen LogP contribution in [0.2, 0.25) is 0 Å². The van der Waals surface area contributed by atoms with Gasteiger partial charge in [0.1, 0.15) is 17.2 Å². The lowest BCUT2D eigenvalue weighted by Crippen LogP contribution is -2.38. The number of hydrogen-bond donors (Lipinski definition) is 0. The van der Waals surface area contributed by atoms with E-state index < -0.39 is 10.8 Å². The van der Waals surface area contributed by atoms with Crippen LogP contribution in [0, 0.1) is 11.3 Å². The quantitative estimate of drug-likeness (QED) is 0.140. The number of nitrogens with zero attached hydrogens (tertiary/aromatic N) is 2. The minimum Gasteiger partial charge on any atom is -0.461 e. The summed E-state index contributed by atoms with van der Waals surface area (Å²) in [5.74, 6) is 0.618. The molecule has 0 N–H and O–H groups in total. The fourth-order valence-corrected chi connectivity index (χ4v) is 8.24. The number of carbonyl (C=O) groups is 1. The molecule has 1 aliphatic carbocycles. The maximum absolute atomic E-state index is 13.2. The summed E-state index contributed by atoms with van der Waals surface area (Å²) in [6.45, 7) is 0. The maximum Gasteiger partial charge on any atom is 0.306 e. The van der Waals surface area contributed by atoms with Crippen LogP contribution in [-0.4, -0.2) is 32.3 Å². The minimum absolute atomic E-state index is 0.145. The van der Waals surface area contributed by atoms with Gasteiger partial charge in [0.05, 0.1) is 27.8 Å². The van der Waals surface area contributed by atoms with Crippen molar-refractivity contribution in [2.45, 2.75) is 54.2 Å². The van der Waals surface area contributed by atoms with Crippen molar-refractivity contribution in [1.82, 2.24) is 4.98 Å². The average molecular weight is 587 g/mol. The topological polar surface area (TPSA) is 80.1 Å². The predicted molar refractivity (Wildman–Crippen MR) is 163 cm³/mol. The summed E-state index contributed by atoms with van der Waals surface area (Å²) in [7, 11) is -1.11. The smallest absolute Gasteiger partial charge is 0.306 e. The van der Waals surface area contributed by atoms with E-state index in [-0.39, 0.29) is 23.7 Å². The summed E-state index contributed by atoms with van der Waals surface area (Å²) in [6, 6.07) is 28.0. The van der Waals surface area contributed by atoms with Crippen molar-refractivity contribution in [1.29, 1.82) is 5.26 Å². The van der Waals surface area contributed by atoms with Crippen molar-refractivity contribution in [3.63, 3.8) is 0 Å². The lowest BCUT2D eigenvalue weighted by atomic mass is 9.97. The molecule has 2 heterocycles. The Hall–Kier alpha value is -3.25. The van der Waals surface area contributed by atoms with Gasteiger partial charge in [-0.3, -0.25) is 9.00 Å². The van der Waals surface area contributed by atoms with Crippen LogP contribution in [-0.2, 0) is 26.1 Å². The van der Waals surface area contributed by atoms with Gasteiger partial charge in [0, 0.05) is 27.9 Å². The van der Waals surface area contributed by atoms with Crippen molar-refractivity contribution in [3.8, 4) is 27.8 Å². The van der Waals surface area contributed by atoms with Gasteiger partial charge in [-0.25, -0.2) is 4.98 Å². The van der Waals surface area contributed by atoms with Crippen LogP contribution in [0.5, 0.6) is 0 Å². The first kappa shape index (κ1) is 28.3. The van der Waals surface area contributed by atoms with Crippen molar-refractivity contribution < 1.29 is 13.7 Å². The van der Waals surface area contributed by atoms with Gasteiger partial charge in [-0.2, -0.15) is 5.26 Å². The highest BCUT2D eigenvalue weighted by Gasteiger charge is 2.32. The highest BCUT2D eigenvalue weighted by Crippen LogP contribution is 2.36. The van der Waals surface area contributed by atoms with E-state index in [9.17, 15) is 14.3 Å². The summed E-state index contributed by atoms with van der Waals surface area (Å²) in [5, 5.41) is 12.5. The first-order valence-electron chi connectivity index (χ1n) is 13.4. The molecule has 0 aliphatic heterocycles. The summed E-state index contributed by atoms with van der Waals surface area (Å²) < 4.78 is 19.1. The number of esters is 1. The Bertz CT molecular complexity index is 1490. The van der Waals surface area contributed by atoms with E-state index in [1.54, 1.807) is 11.3 Å². The Balaban J connectivity index is 1.26. The SMILES string of the molecule is N#Cc1c(-c2ccccc2)cc(-c2cccs2)nc1SCCC(=O)O[C@@H]1CCCC[C@H]1[S@@](=O)Cc1ccccc1. The van der Waals surface area contributed by atoms with Gasteiger partial charge >= 0.3 is 5.97 Å². The zero-order valence-electron chi connectivity index (χ0n) is 22.0. The number of ether oxygens (including phenoxy) is 1. The van der Waals surface area contributed by atoms with Gasteiger partial charge in [-0.15, -0.1) is 23.1 Å². The molecule has 2 aromatic carbocycles. The molecule has 0 bridgehead atoms. The van der Waals surface area contributed by atoms with Gasteiger partial charge < -0.3 is 4.74 Å². The lowest BCUT2D eigenvalue weighted by Gasteiger charge is -2.30. The number of thiophene rings is 1. The van der Waals surface area contributed by atoms with Crippen LogP contribution in [0.25, 0.3) is 21.7 Å². The van der Waals surface area contributed by atoms with Crippen molar-refractivity contribution in [2.24, 2.45) is 0 Å². The first-order valence-corrected chi connectivity index (χ1v) is 16.6. The van der Waals surface area contributed by atoms with E-state index in [0.717, 1.165) is 52.9 Å². The molecule has 0 radical (unpaired) electrons. The van der Waals surface area contributed by atoms with Gasteiger partial charge in [0.25, 0.3) is 0 Å². The van der Waals surface area contributed by atoms with Crippen LogP contribution >= 0.6 is 23.1 Å². The number of aromatic nitrogens is 1. The molecule has 2 aromatic heterocycles. The monoisotopic (exact) mass is 586 g/mol. The Morgan fingerprint density at radius 2 is 1.80 bits per heavy atom. The molecule has 40 heavy (non-hydrogen) atoms. The molecule has 1 fully saturated rings. The highest BCUT2D eigenvalue weighted by molar-refractivity contribution is 7.99. The van der Waals surface area contributed by atoms with E-state index in [0.29, 0.717) is 22.1 Å². The van der Waals surface area contributed by atoms with Crippen LogP contribution in [0.15, 0.2) is 89.3 Å². The van der Waals surface area contributed by atoms with E-state index in [1.807, 2.05) is 84.2 Å². The second-order valence-electron chi connectivity index (χ2n) is 9.65. The third kappa shape index (κ3) is 7.08. The second kappa shape index (κ2) is 13.9. The number of nitriles is 1. The number of thioether (sulfide) groups is 1. The number of benzene rings is 2. The molecule has 0 saturated heterocycles. The third-order valence-electron chi connectivity index (χ3n) is 6.92. The Kier molecular flexibility index (Phi) is 9.82. The summed E-state index contributed by atoms with van der Waals surface area (Å²) >= 11 is 3.00. The molecule has 3 atom stereocenters. The summed E-state index contributed by atoms with van der Waals surface area (Å²) in [4.78, 5) is 18.7. The Labute approximate surface area is 246 Å². The lowest BCUT2D eigenvalue weighted by molar-refractivity contribution is -0.149. The highest BCUT2D eigenvalue weighted by atomic mass is 32.2. The molecule has 1 aliphatic rings. The molecular formula is C32H30N2O3S3. The average Bonchev–Trinajstić information content (AvgIpc) is 3.53. The summed E-state index contributed by atoms with van der Waals surface area (Å²) in [6.07, 6.45) is 3.39. The summed E-state index contributed by atoms with van der Waals surface area (Å²) in [5.41, 5.74) is 4.13. The Morgan fingerprint density at radius 3 is 2.52 bits per heavy atom. The molecule has 4 aromatic rings. The number of rotatable bonds is 10. The number of hydrogen-bond acceptors (Lipinski definition) is 7. The standard InChI is InChI=1S/C32H30N2O3S3/c33-21-26-25(24-12-5-2-6-13-24)20-27(29-15-9-18-38-29)34-32(26)39-19-17-31(35)37-28-14-7-8-16-30(28)40(36)22-23-10-3-1-4-11-23/h1-6,9-13,15,18,20,28,30H,7-8,14,16-17,19,22H2/t28-,30-,40+/m1/s1. The van der Waals surface area contributed by atoms with Crippen LogP contribution in [0.3, 0.4) is 0 Å². The van der Waals surface area contributed by atoms with Crippen LogP contribution in [0.4, 0.5) is 0 Å². The number of carbonyl (C=O) groups excluding carboxylic acids is 1. The van der Waals surface area contributed by atoms with Gasteiger partial charge in [-0.1, -0.05) is 73.2 Å². The fourth-order valence-electron chi connectivity index (χ4n) is 4.93. The Morgan fingerprint density at radius 1 is 1.05 bits per heavy atom. The molecule has 0 spiro atoms. The molecular weight excluding hydrogens is 557 g/mol. The largest absolute Gasteiger partial charge is 0.461 e. The van der Waals surface area contributed by atoms with Crippen molar-refractivity contribution in [3.05, 3.63) is 95.4 Å². The molecule has 204 valence electrons. The first-order chi connectivity index (χ1) is 19.6. The van der Waals surface area contributed by atoms with Crippen LogP contribution < -0.4 is 0 Å². The zero-order valence-corrected chi connectivity index (χ0v) is 24.5. The molecule has 5 rings (SSSR count). The third-order valence-corrected chi connectivity index (χ3v) is 10.6. The van der Waals surface area contributed by atoms with E-state index in [1.165, 1.54) is 11.8 Å². The van der Waals surface area contributed by atoms with E-state index in [2.05, 4.69) is 6.07 Å². The minimum atomic E-state index is -1.11. The van der Waals surface area contributed by atoms with Gasteiger partial charge in [0.2, 0.25) is 0 Å². The molecule has 5 nitrogen and oxygen atoms in total. The predicted octanol–water partition coefficient (Wildman–Crippen LogP) is 7.63. The molecule has 8 heteroatoms.